The van der Waals surface area contributed by atoms with E-state index < -0.39 is 9.84 Å². The predicted molar refractivity (Wildman–Crippen MR) is 64.9 cm³/mol. The maximum absolute atomic E-state index is 10.9. The van der Waals surface area contributed by atoms with Crippen molar-refractivity contribution in [2.75, 3.05) is 5.75 Å². The van der Waals surface area contributed by atoms with Gasteiger partial charge in [-0.2, -0.15) is 0 Å². The van der Waals surface area contributed by atoms with Crippen LogP contribution in [-0.2, 0) is 9.84 Å². The molecule has 0 saturated carbocycles. The molecule has 0 aliphatic carbocycles. The molecule has 0 heterocycles. The number of rotatable bonds is 8. The summed E-state index contributed by atoms with van der Waals surface area (Å²) in [6, 6.07) is 0. The van der Waals surface area contributed by atoms with Gasteiger partial charge in [-0.3, -0.25) is 0 Å². The molecule has 0 aromatic carbocycles. The average molecular weight is 234 g/mol. The topological polar surface area (TPSA) is 34.1 Å². The van der Waals surface area contributed by atoms with Crippen LogP contribution in [0.4, 0.5) is 0 Å². The molecule has 0 rings (SSSR count). The fraction of sp³-hybridized carbons (Fsp3) is 0.600. The van der Waals surface area contributed by atoms with Gasteiger partial charge >= 0.3 is 0 Å². The largest absolute Gasteiger partial charge is 0.220 e. The van der Waals surface area contributed by atoms with E-state index in [-0.39, 0.29) is 0 Å². The monoisotopic (exact) mass is 234 g/mol. The molecule has 14 heavy (non-hydrogen) atoms. The summed E-state index contributed by atoms with van der Waals surface area (Å²) in [5.74, 6) is 0.989. The third kappa shape index (κ3) is 8.38. The highest BCUT2D eigenvalue weighted by Gasteiger charge is 1.95. The summed E-state index contributed by atoms with van der Waals surface area (Å²) in [5.41, 5.74) is 0. The molecule has 0 bridgehead atoms. The standard InChI is InChI=1S/C10H18O2S2/c1-3-5-6-7-8-13-9-10-14(11,12)4-2/h4,9-10H,2-3,5-8H2,1H3. The molecular formula is C10H18O2S2. The van der Waals surface area contributed by atoms with Crippen LogP contribution < -0.4 is 0 Å². The Labute approximate surface area is 91.4 Å². The molecular weight excluding hydrogens is 216 g/mol. The second kappa shape index (κ2) is 8.12. The lowest BCUT2D eigenvalue weighted by molar-refractivity contribution is 0.613. The van der Waals surface area contributed by atoms with Gasteiger partial charge in [0.05, 0.1) is 0 Å². The van der Waals surface area contributed by atoms with E-state index in [0.717, 1.165) is 17.6 Å². The summed E-state index contributed by atoms with van der Waals surface area (Å²) in [7, 11) is -3.15. The van der Waals surface area contributed by atoms with Gasteiger partial charge in [-0.15, -0.1) is 11.8 Å². The molecule has 2 nitrogen and oxygen atoms in total. The molecule has 0 atom stereocenters. The Kier molecular flexibility index (Phi) is 7.99. The molecule has 4 heteroatoms. The second-order valence-electron chi connectivity index (χ2n) is 2.96. The zero-order valence-electron chi connectivity index (χ0n) is 8.61. The summed E-state index contributed by atoms with van der Waals surface area (Å²) in [6.07, 6.45) is 4.86. The van der Waals surface area contributed by atoms with Crippen molar-refractivity contribution in [3.8, 4) is 0 Å². The minimum absolute atomic E-state index is 0.959. The highest BCUT2D eigenvalue weighted by atomic mass is 32.2. The van der Waals surface area contributed by atoms with E-state index >= 15 is 0 Å². The zero-order valence-corrected chi connectivity index (χ0v) is 10.2. The van der Waals surface area contributed by atoms with Crippen molar-refractivity contribution < 1.29 is 8.42 Å². The molecule has 0 fully saturated rings. The molecule has 0 unspecified atom stereocenters. The van der Waals surface area contributed by atoms with E-state index in [1.165, 1.54) is 36.4 Å². The normalized spacial score (nSPS) is 12.1. The average Bonchev–Trinajstić information content (AvgIpc) is 2.16. The first-order valence-corrected chi connectivity index (χ1v) is 7.44. The smallest absolute Gasteiger partial charge is 0.192 e. The van der Waals surface area contributed by atoms with Crippen LogP contribution >= 0.6 is 11.8 Å². The number of sulfone groups is 1. The van der Waals surface area contributed by atoms with Gasteiger partial charge in [0.25, 0.3) is 0 Å². The minimum Gasteiger partial charge on any atom is -0.220 e. The van der Waals surface area contributed by atoms with E-state index in [4.69, 9.17) is 0 Å². The molecule has 0 N–H and O–H groups in total. The Hall–Kier alpha value is -0.220. The van der Waals surface area contributed by atoms with Gasteiger partial charge in [-0.05, 0) is 17.6 Å². The van der Waals surface area contributed by atoms with Crippen LogP contribution in [0.2, 0.25) is 0 Å². The zero-order chi connectivity index (χ0) is 10.9. The third-order valence-electron chi connectivity index (χ3n) is 1.69. The van der Waals surface area contributed by atoms with Crippen LogP contribution in [0.1, 0.15) is 32.6 Å². The van der Waals surface area contributed by atoms with Gasteiger partial charge in [0, 0.05) is 10.8 Å². The minimum atomic E-state index is -3.15. The van der Waals surface area contributed by atoms with Crippen molar-refractivity contribution in [1.82, 2.24) is 0 Å². The van der Waals surface area contributed by atoms with Gasteiger partial charge in [0.1, 0.15) is 0 Å². The number of hydrogen-bond acceptors (Lipinski definition) is 3. The Balaban J connectivity index is 3.50. The summed E-state index contributed by atoms with van der Waals surface area (Å²) in [5, 5.41) is 3.79. The highest BCUT2D eigenvalue weighted by molar-refractivity contribution is 8.03. The van der Waals surface area contributed by atoms with Gasteiger partial charge in [-0.1, -0.05) is 32.8 Å². The lowest BCUT2D eigenvalue weighted by atomic mass is 10.2. The van der Waals surface area contributed by atoms with Crippen molar-refractivity contribution in [2.45, 2.75) is 32.6 Å². The summed E-state index contributed by atoms with van der Waals surface area (Å²) >= 11 is 1.54. The lowest BCUT2D eigenvalue weighted by Gasteiger charge is -1.95. The van der Waals surface area contributed by atoms with Crippen molar-refractivity contribution in [3.63, 3.8) is 0 Å². The Morgan fingerprint density at radius 1 is 1.29 bits per heavy atom. The van der Waals surface area contributed by atoms with Crippen molar-refractivity contribution in [2.24, 2.45) is 0 Å². The molecule has 0 aromatic heterocycles. The van der Waals surface area contributed by atoms with E-state index in [2.05, 4.69) is 13.5 Å². The maximum atomic E-state index is 10.9. The van der Waals surface area contributed by atoms with E-state index in [0.29, 0.717) is 0 Å². The van der Waals surface area contributed by atoms with E-state index in [1.54, 1.807) is 5.41 Å². The van der Waals surface area contributed by atoms with Crippen LogP contribution in [0.25, 0.3) is 0 Å². The maximum Gasteiger partial charge on any atom is 0.192 e. The van der Waals surface area contributed by atoms with Gasteiger partial charge in [0.15, 0.2) is 9.84 Å². The molecule has 0 aliphatic heterocycles. The molecule has 0 radical (unpaired) electrons. The van der Waals surface area contributed by atoms with Crippen molar-refractivity contribution >= 4 is 21.6 Å². The third-order valence-corrected chi connectivity index (χ3v) is 3.69. The molecule has 0 amide bonds. The molecule has 0 spiro atoms. The Morgan fingerprint density at radius 2 is 2.00 bits per heavy atom. The Morgan fingerprint density at radius 3 is 2.57 bits per heavy atom. The first-order valence-electron chi connectivity index (χ1n) is 4.78. The Bertz CT molecular complexity index is 266. The van der Waals surface area contributed by atoms with Crippen LogP contribution in [0, 0.1) is 0 Å². The molecule has 82 valence electrons. The molecule has 0 aromatic rings. The number of thioether (sulfide) groups is 1. The lowest BCUT2D eigenvalue weighted by Crippen LogP contribution is -1.85. The first-order chi connectivity index (χ1) is 6.62. The second-order valence-corrected chi connectivity index (χ2v) is 5.76. The molecule has 0 saturated heterocycles. The van der Waals surface area contributed by atoms with E-state index in [9.17, 15) is 8.42 Å². The van der Waals surface area contributed by atoms with Gasteiger partial charge in [0.2, 0.25) is 0 Å². The number of hydrogen-bond donors (Lipinski definition) is 0. The summed E-state index contributed by atoms with van der Waals surface area (Å²) in [4.78, 5) is 0. The quantitative estimate of drug-likeness (QED) is 0.604. The van der Waals surface area contributed by atoms with Crippen LogP contribution in [0.15, 0.2) is 22.8 Å². The predicted octanol–water partition coefficient (Wildman–Crippen LogP) is 3.33. The van der Waals surface area contributed by atoms with Crippen LogP contribution in [0.5, 0.6) is 0 Å². The fourth-order valence-electron chi connectivity index (χ4n) is 0.852. The number of unbranched alkanes of at least 4 members (excludes halogenated alkanes) is 3. The first kappa shape index (κ1) is 13.8. The van der Waals surface area contributed by atoms with Crippen molar-refractivity contribution in [1.29, 1.82) is 0 Å². The SMILES string of the molecule is C=CS(=O)(=O)C=CSCCCCCC. The van der Waals surface area contributed by atoms with Gasteiger partial charge in [-0.25, -0.2) is 8.42 Å². The van der Waals surface area contributed by atoms with E-state index in [1.807, 2.05) is 0 Å². The van der Waals surface area contributed by atoms with Gasteiger partial charge < -0.3 is 0 Å². The molecule has 0 aliphatic rings. The van der Waals surface area contributed by atoms with Crippen LogP contribution in [0.3, 0.4) is 0 Å². The summed E-state index contributed by atoms with van der Waals surface area (Å²) < 4.78 is 21.8. The summed E-state index contributed by atoms with van der Waals surface area (Å²) in [6.45, 7) is 5.39. The fourth-order valence-corrected chi connectivity index (χ4v) is 2.40. The highest BCUT2D eigenvalue weighted by Crippen LogP contribution is 2.09. The van der Waals surface area contributed by atoms with Crippen molar-refractivity contribution in [3.05, 3.63) is 22.8 Å². The van der Waals surface area contributed by atoms with Crippen LogP contribution in [-0.4, -0.2) is 14.2 Å².